The zero-order chi connectivity index (χ0) is 12.0. The van der Waals surface area contributed by atoms with E-state index in [2.05, 4.69) is 12.2 Å². The Morgan fingerprint density at radius 3 is 2.75 bits per heavy atom. The number of nitrogens with zero attached hydrogens (tertiary/aromatic N) is 1. The number of hydrogen-bond acceptors (Lipinski definition) is 3. The van der Waals surface area contributed by atoms with Gasteiger partial charge in [-0.05, 0) is 37.6 Å². The zero-order valence-corrected chi connectivity index (χ0v) is 9.20. The fourth-order valence-electron chi connectivity index (χ4n) is 1.39. The quantitative estimate of drug-likeness (QED) is 0.460. The van der Waals surface area contributed by atoms with Crippen LogP contribution >= 0.6 is 0 Å². The summed E-state index contributed by atoms with van der Waals surface area (Å²) in [5.41, 5.74) is 0.303. The molecule has 1 aromatic rings. The molecule has 1 rings (SSSR count). The highest BCUT2D eigenvalue weighted by atomic mass is 19.1. The lowest BCUT2D eigenvalue weighted by atomic mass is 10.1. The van der Waals surface area contributed by atoms with Crippen molar-refractivity contribution >= 4 is 5.69 Å². The third-order valence-corrected chi connectivity index (χ3v) is 2.23. The van der Waals surface area contributed by atoms with Crippen LogP contribution in [0.25, 0.3) is 0 Å². The molecule has 88 valence electrons. The lowest BCUT2D eigenvalue weighted by Gasteiger charge is -2.03. The molecule has 0 atom stereocenters. The average molecular weight is 226 g/mol. The van der Waals surface area contributed by atoms with E-state index in [0.29, 0.717) is 6.42 Å². The molecule has 0 saturated carbocycles. The molecule has 1 N–H and O–H groups in total. The van der Waals surface area contributed by atoms with Gasteiger partial charge in [0.1, 0.15) is 0 Å². The van der Waals surface area contributed by atoms with Gasteiger partial charge in [0.25, 0.3) is 0 Å². The lowest BCUT2D eigenvalue weighted by Crippen LogP contribution is -2.17. The Balaban J connectivity index is 2.56. The van der Waals surface area contributed by atoms with E-state index in [1.807, 2.05) is 0 Å². The van der Waals surface area contributed by atoms with Crippen LogP contribution in [-0.4, -0.2) is 18.0 Å². The van der Waals surface area contributed by atoms with Gasteiger partial charge in [0, 0.05) is 6.07 Å². The molecule has 0 fully saturated rings. The van der Waals surface area contributed by atoms with Gasteiger partial charge >= 0.3 is 5.69 Å². The molecule has 0 spiro atoms. The molecule has 0 saturated heterocycles. The normalized spacial score (nSPS) is 10.4. The third kappa shape index (κ3) is 3.58. The van der Waals surface area contributed by atoms with Crippen LogP contribution in [0.15, 0.2) is 18.2 Å². The predicted molar refractivity (Wildman–Crippen MR) is 59.9 cm³/mol. The van der Waals surface area contributed by atoms with Crippen molar-refractivity contribution in [2.75, 3.05) is 13.1 Å². The molecular formula is C11H15FN2O2. The van der Waals surface area contributed by atoms with E-state index in [1.165, 1.54) is 12.1 Å². The zero-order valence-electron chi connectivity index (χ0n) is 9.20. The fourth-order valence-corrected chi connectivity index (χ4v) is 1.39. The van der Waals surface area contributed by atoms with E-state index < -0.39 is 16.4 Å². The van der Waals surface area contributed by atoms with Crippen LogP contribution in [0.1, 0.15) is 18.9 Å². The van der Waals surface area contributed by atoms with E-state index in [-0.39, 0.29) is 0 Å². The van der Waals surface area contributed by atoms with Gasteiger partial charge in [-0.3, -0.25) is 10.1 Å². The standard InChI is InChI=1S/C11H15FN2O2/c1-2-6-13-7-5-9-3-4-11(14(15)16)10(12)8-9/h3-4,8,13H,2,5-7H2,1H3. The summed E-state index contributed by atoms with van der Waals surface area (Å²) >= 11 is 0. The van der Waals surface area contributed by atoms with Crippen LogP contribution in [0, 0.1) is 15.9 Å². The summed E-state index contributed by atoms with van der Waals surface area (Å²) in [5, 5.41) is 13.6. The second-order valence-electron chi connectivity index (χ2n) is 3.54. The number of nitro benzene ring substituents is 1. The first kappa shape index (κ1) is 12.6. The minimum atomic E-state index is -0.766. The number of rotatable bonds is 6. The Kier molecular flexibility index (Phi) is 4.85. The van der Waals surface area contributed by atoms with Gasteiger partial charge in [-0.25, -0.2) is 0 Å². The van der Waals surface area contributed by atoms with Crippen LogP contribution in [0.4, 0.5) is 10.1 Å². The van der Waals surface area contributed by atoms with Crippen LogP contribution in [0.2, 0.25) is 0 Å². The Hall–Kier alpha value is -1.49. The van der Waals surface area contributed by atoms with Crippen molar-refractivity contribution in [3.63, 3.8) is 0 Å². The van der Waals surface area contributed by atoms with Gasteiger partial charge in [0.05, 0.1) is 4.92 Å². The molecule has 0 radical (unpaired) electrons. The first-order valence-corrected chi connectivity index (χ1v) is 5.28. The van der Waals surface area contributed by atoms with Gasteiger partial charge in [-0.15, -0.1) is 0 Å². The van der Waals surface area contributed by atoms with Crippen molar-refractivity contribution in [2.45, 2.75) is 19.8 Å². The maximum atomic E-state index is 13.2. The van der Waals surface area contributed by atoms with E-state index in [9.17, 15) is 14.5 Å². The monoisotopic (exact) mass is 226 g/mol. The number of nitro groups is 1. The Labute approximate surface area is 93.6 Å². The third-order valence-electron chi connectivity index (χ3n) is 2.23. The molecule has 5 heteroatoms. The van der Waals surface area contributed by atoms with Gasteiger partial charge in [-0.2, -0.15) is 4.39 Å². The molecule has 4 nitrogen and oxygen atoms in total. The highest BCUT2D eigenvalue weighted by Gasteiger charge is 2.13. The topological polar surface area (TPSA) is 55.2 Å². The average Bonchev–Trinajstić information content (AvgIpc) is 2.24. The molecule has 0 aromatic heterocycles. The molecule has 0 heterocycles. The molecule has 0 unspecified atom stereocenters. The van der Waals surface area contributed by atoms with Gasteiger partial charge in [-0.1, -0.05) is 13.0 Å². The molecule has 0 aliphatic heterocycles. The highest BCUT2D eigenvalue weighted by molar-refractivity contribution is 5.35. The number of benzene rings is 1. The summed E-state index contributed by atoms with van der Waals surface area (Å²) in [5.74, 6) is -0.766. The van der Waals surface area contributed by atoms with Crippen molar-refractivity contribution in [2.24, 2.45) is 0 Å². The van der Waals surface area contributed by atoms with Crippen LogP contribution in [0.5, 0.6) is 0 Å². The second kappa shape index (κ2) is 6.17. The first-order valence-electron chi connectivity index (χ1n) is 5.28. The number of hydrogen-bond donors (Lipinski definition) is 1. The van der Waals surface area contributed by atoms with Crippen molar-refractivity contribution < 1.29 is 9.31 Å². The van der Waals surface area contributed by atoms with E-state index >= 15 is 0 Å². The van der Waals surface area contributed by atoms with Gasteiger partial charge < -0.3 is 5.32 Å². The van der Waals surface area contributed by atoms with Crippen molar-refractivity contribution in [3.05, 3.63) is 39.7 Å². The Bertz CT molecular complexity index is 369. The van der Waals surface area contributed by atoms with E-state index in [0.717, 1.165) is 25.1 Å². The molecule has 1 aromatic carbocycles. The van der Waals surface area contributed by atoms with Crippen LogP contribution < -0.4 is 5.32 Å². The number of nitrogens with one attached hydrogen (secondary N) is 1. The minimum Gasteiger partial charge on any atom is -0.316 e. The van der Waals surface area contributed by atoms with E-state index in [1.54, 1.807) is 6.07 Å². The lowest BCUT2D eigenvalue weighted by molar-refractivity contribution is -0.387. The number of halogens is 1. The van der Waals surface area contributed by atoms with Crippen molar-refractivity contribution in [1.29, 1.82) is 0 Å². The van der Waals surface area contributed by atoms with Crippen LogP contribution in [-0.2, 0) is 6.42 Å². The van der Waals surface area contributed by atoms with Gasteiger partial charge in [0.2, 0.25) is 5.82 Å². The SMILES string of the molecule is CCCNCCc1ccc([N+](=O)[O-])c(F)c1. The maximum absolute atomic E-state index is 13.2. The molecular weight excluding hydrogens is 211 g/mol. The molecule has 0 aliphatic carbocycles. The van der Waals surface area contributed by atoms with E-state index in [4.69, 9.17) is 0 Å². The molecule has 16 heavy (non-hydrogen) atoms. The van der Waals surface area contributed by atoms with Crippen molar-refractivity contribution in [3.8, 4) is 0 Å². The Morgan fingerprint density at radius 1 is 1.44 bits per heavy atom. The first-order chi connectivity index (χ1) is 7.65. The summed E-state index contributed by atoms with van der Waals surface area (Å²) in [4.78, 5) is 9.67. The molecule has 0 amide bonds. The summed E-state index contributed by atoms with van der Waals surface area (Å²) in [7, 11) is 0. The fraction of sp³-hybridized carbons (Fsp3) is 0.455. The van der Waals surface area contributed by atoms with Crippen molar-refractivity contribution in [1.82, 2.24) is 5.32 Å². The van der Waals surface area contributed by atoms with Gasteiger partial charge in [0.15, 0.2) is 0 Å². The highest BCUT2D eigenvalue weighted by Crippen LogP contribution is 2.17. The Morgan fingerprint density at radius 2 is 2.19 bits per heavy atom. The summed E-state index contributed by atoms with van der Waals surface area (Å²) in [6, 6.07) is 4.03. The molecule has 0 bridgehead atoms. The second-order valence-corrected chi connectivity index (χ2v) is 3.54. The molecule has 0 aliphatic rings. The minimum absolute atomic E-state index is 0.467. The summed E-state index contributed by atoms with van der Waals surface area (Å²) in [6.07, 6.45) is 1.73. The maximum Gasteiger partial charge on any atom is 0.304 e. The van der Waals surface area contributed by atoms with Crippen LogP contribution in [0.3, 0.4) is 0 Å². The summed E-state index contributed by atoms with van der Waals surface area (Å²) < 4.78 is 13.2. The predicted octanol–water partition coefficient (Wildman–Crippen LogP) is 2.28. The smallest absolute Gasteiger partial charge is 0.304 e. The summed E-state index contributed by atoms with van der Waals surface area (Å²) in [6.45, 7) is 3.75. The largest absolute Gasteiger partial charge is 0.316 e.